The number of nitrogens with one attached hydrogen (secondary N) is 1. The summed E-state index contributed by atoms with van der Waals surface area (Å²) in [5.74, 6) is 0.554. The topological polar surface area (TPSA) is 98.0 Å². The highest BCUT2D eigenvalue weighted by Gasteiger charge is 2.15. The van der Waals surface area contributed by atoms with Crippen LogP contribution in [0.2, 0.25) is 0 Å². The number of aryl methyl sites for hydroxylation is 2. The maximum atomic E-state index is 12.1. The van der Waals surface area contributed by atoms with Gasteiger partial charge in [0.25, 0.3) is 10.0 Å². The summed E-state index contributed by atoms with van der Waals surface area (Å²) in [5, 5.41) is 0. The number of hydrogen-bond donors (Lipinski definition) is 2. The van der Waals surface area contributed by atoms with Crippen LogP contribution in [-0.4, -0.2) is 18.4 Å². The van der Waals surface area contributed by atoms with Gasteiger partial charge >= 0.3 is 0 Å². The van der Waals surface area contributed by atoms with Crippen molar-refractivity contribution in [1.82, 2.24) is 9.97 Å². The average molecular weight is 278 g/mol. The molecule has 19 heavy (non-hydrogen) atoms. The molecule has 2 heterocycles. The van der Waals surface area contributed by atoms with E-state index in [0.717, 1.165) is 11.3 Å². The van der Waals surface area contributed by atoms with E-state index in [9.17, 15) is 8.42 Å². The lowest BCUT2D eigenvalue weighted by molar-refractivity contribution is 0.600. The zero-order chi connectivity index (χ0) is 14.0. The molecule has 0 saturated carbocycles. The van der Waals surface area contributed by atoms with Crippen LogP contribution in [0.5, 0.6) is 0 Å². The molecule has 7 heteroatoms. The van der Waals surface area contributed by atoms with E-state index in [4.69, 9.17) is 5.73 Å². The first kappa shape index (κ1) is 13.3. The summed E-state index contributed by atoms with van der Waals surface area (Å²) >= 11 is 0. The highest BCUT2D eigenvalue weighted by atomic mass is 32.2. The quantitative estimate of drug-likeness (QED) is 0.886. The molecular formula is C12H14N4O2S. The molecular weight excluding hydrogens is 264 g/mol. The van der Waals surface area contributed by atoms with Gasteiger partial charge in [-0.15, -0.1) is 0 Å². The van der Waals surface area contributed by atoms with Crippen molar-refractivity contribution in [3.63, 3.8) is 0 Å². The van der Waals surface area contributed by atoms with Crippen molar-refractivity contribution in [2.75, 3.05) is 10.5 Å². The Kier molecular flexibility index (Phi) is 3.39. The molecule has 3 N–H and O–H groups in total. The smallest absolute Gasteiger partial charge is 0.264 e. The van der Waals surface area contributed by atoms with Gasteiger partial charge in [0.05, 0.1) is 0 Å². The van der Waals surface area contributed by atoms with Crippen molar-refractivity contribution in [2.24, 2.45) is 0 Å². The Morgan fingerprint density at radius 3 is 2.53 bits per heavy atom. The van der Waals surface area contributed by atoms with Gasteiger partial charge in [0, 0.05) is 11.9 Å². The molecule has 0 aliphatic carbocycles. The number of rotatable bonds is 3. The summed E-state index contributed by atoms with van der Waals surface area (Å²) in [6, 6.07) is 6.36. The Morgan fingerprint density at radius 2 is 1.95 bits per heavy atom. The van der Waals surface area contributed by atoms with E-state index < -0.39 is 10.0 Å². The van der Waals surface area contributed by atoms with E-state index in [1.807, 2.05) is 13.0 Å². The van der Waals surface area contributed by atoms with Crippen LogP contribution >= 0.6 is 0 Å². The van der Waals surface area contributed by atoms with E-state index in [1.54, 1.807) is 13.0 Å². The van der Waals surface area contributed by atoms with Crippen LogP contribution in [0.1, 0.15) is 11.3 Å². The highest BCUT2D eigenvalue weighted by Crippen LogP contribution is 2.16. The monoisotopic (exact) mass is 278 g/mol. The van der Waals surface area contributed by atoms with Crippen LogP contribution in [0.4, 0.5) is 11.6 Å². The molecule has 0 radical (unpaired) electrons. The summed E-state index contributed by atoms with van der Waals surface area (Å²) < 4.78 is 26.6. The second kappa shape index (κ2) is 4.85. The summed E-state index contributed by atoms with van der Waals surface area (Å²) in [7, 11) is -3.69. The molecule has 0 atom stereocenters. The van der Waals surface area contributed by atoms with Gasteiger partial charge in [-0.05, 0) is 43.7 Å². The first-order chi connectivity index (χ1) is 8.87. The van der Waals surface area contributed by atoms with Gasteiger partial charge in [0.1, 0.15) is 16.5 Å². The Balaban J connectivity index is 2.33. The minimum atomic E-state index is -3.69. The van der Waals surface area contributed by atoms with Crippen molar-refractivity contribution in [3.8, 4) is 0 Å². The molecule has 0 aliphatic rings. The summed E-state index contributed by atoms with van der Waals surface area (Å²) in [4.78, 5) is 7.93. The van der Waals surface area contributed by atoms with E-state index in [0.29, 0.717) is 0 Å². The van der Waals surface area contributed by atoms with Crippen LogP contribution in [-0.2, 0) is 10.0 Å². The third-order valence-corrected chi connectivity index (χ3v) is 3.75. The molecule has 2 aromatic rings. The SMILES string of the molecule is Cc1cc(C)nc(NS(=O)(=O)c2ccc(N)nc2)c1. The van der Waals surface area contributed by atoms with Gasteiger partial charge in [-0.2, -0.15) is 0 Å². The van der Waals surface area contributed by atoms with Crippen LogP contribution in [0.25, 0.3) is 0 Å². The third kappa shape index (κ3) is 3.19. The van der Waals surface area contributed by atoms with E-state index in [2.05, 4.69) is 14.7 Å². The fraction of sp³-hybridized carbons (Fsp3) is 0.167. The normalized spacial score (nSPS) is 11.3. The van der Waals surface area contributed by atoms with Crippen LogP contribution in [0.15, 0.2) is 35.4 Å². The minimum absolute atomic E-state index is 0.0441. The average Bonchev–Trinajstić information content (AvgIpc) is 2.27. The molecule has 100 valence electrons. The lowest BCUT2D eigenvalue weighted by atomic mass is 10.2. The van der Waals surface area contributed by atoms with Gasteiger partial charge in [0.15, 0.2) is 0 Å². The zero-order valence-electron chi connectivity index (χ0n) is 10.6. The van der Waals surface area contributed by atoms with Crippen LogP contribution in [0, 0.1) is 13.8 Å². The fourth-order valence-electron chi connectivity index (χ4n) is 1.64. The van der Waals surface area contributed by atoms with Gasteiger partial charge in [-0.3, -0.25) is 4.72 Å². The Labute approximate surface area is 111 Å². The number of nitrogens with two attached hydrogens (primary N) is 1. The van der Waals surface area contributed by atoms with Crippen molar-refractivity contribution in [3.05, 3.63) is 41.7 Å². The van der Waals surface area contributed by atoms with Crippen molar-refractivity contribution < 1.29 is 8.42 Å². The van der Waals surface area contributed by atoms with Crippen LogP contribution in [0.3, 0.4) is 0 Å². The molecule has 0 aliphatic heterocycles. The Morgan fingerprint density at radius 1 is 1.21 bits per heavy atom. The number of anilines is 2. The number of nitrogen functional groups attached to an aromatic ring is 1. The number of aromatic nitrogens is 2. The van der Waals surface area contributed by atoms with E-state index in [1.165, 1.54) is 18.3 Å². The van der Waals surface area contributed by atoms with Crippen LogP contribution < -0.4 is 10.5 Å². The molecule has 0 saturated heterocycles. The molecule has 0 bridgehead atoms. The fourth-order valence-corrected chi connectivity index (χ4v) is 2.58. The first-order valence-corrected chi connectivity index (χ1v) is 7.05. The lowest BCUT2D eigenvalue weighted by Gasteiger charge is -2.08. The molecule has 0 aromatic carbocycles. The van der Waals surface area contributed by atoms with Crippen molar-refractivity contribution in [2.45, 2.75) is 18.7 Å². The van der Waals surface area contributed by atoms with E-state index in [-0.39, 0.29) is 16.5 Å². The molecule has 0 amide bonds. The molecule has 0 fully saturated rings. The Bertz CT molecular complexity index is 676. The molecule has 0 unspecified atom stereocenters. The lowest BCUT2D eigenvalue weighted by Crippen LogP contribution is -2.14. The highest BCUT2D eigenvalue weighted by molar-refractivity contribution is 7.92. The number of pyridine rings is 2. The maximum absolute atomic E-state index is 12.1. The molecule has 6 nitrogen and oxygen atoms in total. The predicted octanol–water partition coefficient (Wildman–Crippen LogP) is 1.48. The Hall–Kier alpha value is -2.15. The molecule has 2 aromatic heterocycles. The molecule has 2 rings (SSSR count). The van der Waals surface area contributed by atoms with Crippen molar-refractivity contribution in [1.29, 1.82) is 0 Å². The summed E-state index contributed by atoms with van der Waals surface area (Å²) in [6.07, 6.45) is 1.21. The zero-order valence-corrected chi connectivity index (χ0v) is 11.4. The van der Waals surface area contributed by atoms with Gasteiger partial charge < -0.3 is 5.73 Å². The summed E-state index contributed by atoms with van der Waals surface area (Å²) in [6.45, 7) is 3.67. The minimum Gasteiger partial charge on any atom is -0.384 e. The second-order valence-electron chi connectivity index (χ2n) is 4.20. The largest absolute Gasteiger partial charge is 0.384 e. The third-order valence-electron chi connectivity index (χ3n) is 2.41. The van der Waals surface area contributed by atoms with E-state index >= 15 is 0 Å². The van der Waals surface area contributed by atoms with Crippen molar-refractivity contribution >= 4 is 21.7 Å². The maximum Gasteiger partial charge on any atom is 0.264 e. The molecule has 0 spiro atoms. The number of nitrogens with zero attached hydrogens (tertiary/aromatic N) is 2. The van der Waals surface area contributed by atoms with Gasteiger partial charge in [-0.1, -0.05) is 0 Å². The predicted molar refractivity (Wildman–Crippen MR) is 73.2 cm³/mol. The van der Waals surface area contributed by atoms with Gasteiger partial charge in [0.2, 0.25) is 0 Å². The first-order valence-electron chi connectivity index (χ1n) is 5.56. The number of hydrogen-bond acceptors (Lipinski definition) is 5. The second-order valence-corrected chi connectivity index (χ2v) is 5.88. The number of sulfonamides is 1. The summed E-state index contributed by atoms with van der Waals surface area (Å²) in [5.41, 5.74) is 7.10. The standard InChI is InChI=1S/C12H14N4O2S/c1-8-5-9(2)15-12(6-8)16-19(17,18)10-3-4-11(13)14-7-10/h3-7H,1-2H3,(H2,13,14)(H,15,16). The van der Waals surface area contributed by atoms with Gasteiger partial charge in [-0.25, -0.2) is 18.4 Å².